The number of fused-ring (bicyclic) bond motifs is 4. The molecule has 4 nitrogen and oxygen atoms in total. The highest BCUT2D eigenvalue weighted by Gasteiger charge is 2.28. The van der Waals surface area contributed by atoms with Crippen LogP contribution < -0.4 is 5.32 Å². The van der Waals surface area contributed by atoms with Crippen molar-refractivity contribution in [2.75, 3.05) is 0 Å². The number of hydrogen-bond donors (Lipinski definition) is 1. The second-order valence-corrected chi connectivity index (χ2v) is 7.02. The first-order valence-electron chi connectivity index (χ1n) is 8.92. The van der Waals surface area contributed by atoms with Gasteiger partial charge in [0.15, 0.2) is 0 Å². The van der Waals surface area contributed by atoms with Gasteiger partial charge in [0, 0.05) is 18.5 Å². The molecule has 0 saturated heterocycles. The molecule has 5 rings (SSSR count). The fraction of sp³-hybridized carbons (Fsp3) is 0.182. The molecule has 3 heterocycles. The Labute approximate surface area is 151 Å². The molecular formula is C22H19N3O. The third-order valence-corrected chi connectivity index (χ3v) is 5.24. The van der Waals surface area contributed by atoms with E-state index in [4.69, 9.17) is 4.98 Å². The highest BCUT2D eigenvalue weighted by atomic mass is 16.1. The summed E-state index contributed by atoms with van der Waals surface area (Å²) in [4.78, 5) is 17.1. The quantitative estimate of drug-likeness (QED) is 0.570. The maximum atomic E-state index is 12.3. The van der Waals surface area contributed by atoms with Crippen molar-refractivity contribution in [3.05, 3.63) is 83.3 Å². The first-order chi connectivity index (χ1) is 12.7. The van der Waals surface area contributed by atoms with Crippen molar-refractivity contribution in [3.8, 4) is 0 Å². The van der Waals surface area contributed by atoms with E-state index in [0.29, 0.717) is 13.0 Å². The summed E-state index contributed by atoms with van der Waals surface area (Å²) in [5.41, 5.74) is 5.36. The summed E-state index contributed by atoms with van der Waals surface area (Å²) in [5, 5.41) is 5.41. The average molecular weight is 341 g/mol. The first kappa shape index (κ1) is 15.1. The van der Waals surface area contributed by atoms with Crippen molar-refractivity contribution in [3.63, 3.8) is 0 Å². The van der Waals surface area contributed by atoms with Crippen molar-refractivity contribution < 1.29 is 4.79 Å². The Balaban J connectivity index is 1.74. The topological polar surface area (TPSA) is 46.4 Å². The molecule has 128 valence electrons. The monoisotopic (exact) mass is 341 g/mol. The van der Waals surface area contributed by atoms with E-state index in [0.717, 1.165) is 22.6 Å². The molecule has 2 aromatic carbocycles. The zero-order valence-corrected chi connectivity index (χ0v) is 14.6. The number of nitrogens with one attached hydrogen (secondary N) is 1. The summed E-state index contributed by atoms with van der Waals surface area (Å²) < 4.78 is 2.14. The van der Waals surface area contributed by atoms with Gasteiger partial charge in [-0.25, -0.2) is 4.98 Å². The standard InChI is InChI=1S/C22H19N3O/c1-14-8-9-25-20(10-14)24-19-13-23-21(26)12-18(22(19)25)17-7-6-15-4-2-3-5-16(15)11-17/h2-11,18H,12-13H2,1H3,(H,23,26)/t18-/m1/s1. The molecule has 0 bridgehead atoms. The van der Waals surface area contributed by atoms with Crippen molar-refractivity contribution in [2.45, 2.75) is 25.8 Å². The summed E-state index contributed by atoms with van der Waals surface area (Å²) in [7, 11) is 0. The normalized spacial score (nSPS) is 17.1. The van der Waals surface area contributed by atoms with Crippen LogP contribution in [0.1, 0.15) is 34.9 Å². The number of hydrogen-bond acceptors (Lipinski definition) is 2. The van der Waals surface area contributed by atoms with Gasteiger partial charge in [0.1, 0.15) is 5.65 Å². The zero-order chi connectivity index (χ0) is 17.7. The van der Waals surface area contributed by atoms with Crippen LogP contribution in [0.25, 0.3) is 16.4 Å². The van der Waals surface area contributed by atoms with Crippen LogP contribution >= 0.6 is 0 Å². The summed E-state index contributed by atoms with van der Waals surface area (Å²) in [6.45, 7) is 2.56. The summed E-state index contributed by atoms with van der Waals surface area (Å²) in [5.74, 6) is 0.0665. The largest absolute Gasteiger partial charge is 0.350 e. The fourth-order valence-electron chi connectivity index (χ4n) is 3.95. The van der Waals surface area contributed by atoms with Gasteiger partial charge in [-0.2, -0.15) is 0 Å². The van der Waals surface area contributed by atoms with E-state index in [9.17, 15) is 4.79 Å². The molecule has 4 aromatic rings. The van der Waals surface area contributed by atoms with Crippen LogP contribution in [0.5, 0.6) is 0 Å². The first-order valence-corrected chi connectivity index (χ1v) is 8.92. The van der Waals surface area contributed by atoms with Crippen LogP contribution in [0.15, 0.2) is 60.8 Å². The van der Waals surface area contributed by atoms with Gasteiger partial charge in [0.25, 0.3) is 0 Å². The van der Waals surface area contributed by atoms with Gasteiger partial charge in [-0.1, -0.05) is 42.5 Å². The van der Waals surface area contributed by atoms with E-state index in [1.165, 1.54) is 16.3 Å². The lowest BCUT2D eigenvalue weighted by Crippen LogP contribution is -2.21. The zero-order valence-electron chi connectivity index (χ0n) is 14.6. The molecule has 0 spiro atoms. The number of nitrogens with zero attached hydrogens (tertiary/aromatic N) is 2. The van der Waals surface area contributed by atoms with Gasteiger partial charge in [-0.3, -0.25) is 4.79 Å². The molecule has 0 aliphatic carbocycles. The Morgan fingerprint density at radius 1 is 1.08 bits per heavy atom. The van der Waals surface area contributed by atoms with Crippen molar-refractivity contribution in [1.82, 2.24) is 14.7 Å². The third-order valence-electron chi connectivity index (χ3n) is 5.24. The minimum absolute atomic E-state index is 0.00480. The van der Waals surface area contributed by atoms with Crippen molar-refractivity contribution in [1.29, 1.82) is 0 Å². The lowest BCUT2D eigenvalue weighted by atomic mass is 9.90. The van der Waals surface area contributed by atoms with Gasteiger partial charge in [0.05, 0.1) is 17.9 Å². The van der Waals surface area contributed by atoms with E-state index < -0.39 is 0 Å². The molecule has 1 N–H and O–H groups in total. The molecule has 0 fully saturated rings. The Morgan fingerprint density at radius 3 is 2.81 bits per heavy atom. The second kappa shape index (κ2) is 5.70. The smallest absolute Gasteiger partial charge is 0.221 e. The van der Waals surface area contributed by atoms with Crippen LogP contribution in [-0.4, -0.2) is 15.3 Å². The maximum Gasteiger partial charge on any atom is 0.221 e. The molecule has 0 saturated carbocycles. The van der Waals surface area contributed by atoms with E-state index in [1.807, 2.05) is 12.1 Å². The molecule has 4 heteroatoms. The summed E-state index contributed by atoms with van der Waals surface area (Å²) in [6, 6.07) is 19.0. The van der Waals surface area contributed by atoms with E-state index >= 15 is 0 Å². The van der Waals surface area contributed by atoms with Gasteiger partial charge in [-0.15, -0.1) is 0 Å². The number of imidazole rings is 1. The Kier molecular flexibility index (Phi) is 3.32. The number of pyridine rings is 1. The second-order valence-electron chi connectivity index (χ2n) is 7.02. The summed E-state index contributed by atoms with van der Waals surface area (Å²) in [6.07, 6.45) is 2.51. The third kappa shape index (κ3) is 2.37. The molecule has 0 unspecified atom stereocenters. The van der Waals surface area contributed by atoms with Gasteiger partial charge in [0.2, 0.25) is 5.91 Å². The van der Waals surface area contributed by atoms with Crippen molar-refractivity contribution in [2.24, 2.45) is 0 Å². The van der Waals surface area contributed by atoms with Crippen molar-refractivity contribution >= 4 is 22.3 Å². The Bertz CT molecular complexity index is 1160. The molecule has 1 aliphatic rings. The van der Waals surface area contributed by atoms with Gasteiger partial charge in [-0.05, 0) is 41.0 Å². The molecule has 1 aliphatic heterocycles. The van der Waals surface area contributed by atoms with Crippen LogP contribution in [0.4, 0.5) is 0 Å². The number of benzene rings is 2. The predicted octanol–water partition coefficient (Wildman–Crippen LogP) is 3.95. The van der Waals surface area contributed by atoms with Gasteiger partial charge >= 0.3 is 0 Å². The highest BCUT2D eigenvalue weighted by molar-refractivity contribution is 5.84. The lowest BCUT2D eigenvalue weighted by Gasteiger charge is -2.16. The Hall–Kier alpha value is -3.14. The highest BCUT2D eigenvalue weighted by Crippen LogP contribution is 2.34. The fourth-order valence-corrected chi connectivity index (χ4v) is 3.95. The van der Waals surface area contributed by atoms with Crippen LogP contribution in [0.2, 0.25) is 0 Å². The minimum Gasteiger partial charge on any atom is -0.350 e. The van der Waals surface area contributed by atoms with Crippen LogP contribution in [0, 0.1) is 6.92 Å². The van der Waals surface area contributed by atoms with E-state index in [-0.39, 0.29) is 11.8 Å². The van der Waals surface area contributed by atoms with Crippen LogP contribution in [0.3, 0.4) is 0 Å². The number of carbonyl (C=O) groups excluding carboxylic acids is 1. The SMILES string of the molecule is Cc1ccn2c3c(nc2c1)CNC(=O)C[C@@H]3c1ccc2ccccc2c1. The number of rotatable bonds is 1. The Morgan fingerprint density at radius 2 is 1.92 bits per heavy atom. The number of aromatic nitrogens is 2. The minimum atomic E-state index is -0.00480. The molecule has 1 atom stereocenters. The maximum absolute atomic E-state index is 12.3. The molecule has 2 aromatic heterocycles. The van der Waals surface area contributed by atoms with Gasteiger partial charge < -0.3 is 9.72 Å². The summed E-state index contributed by atoms with van der Waals surface area (Å²) >= 11 is 0. The van der Waals surface area contributed by atoms with E-state index in [1.54, 1.807) is 0 Å². The molecule has 1 amide bonds. The van der Waals surface area contributed by atoms with Crippen LogP contribution in [-0.2, 0) is 11.3 Å². The number of amides is 1. The lowest BCUT2D eigenvalue weighted by molar-refractivity contribution is -0.121. The number of carbonyl (C=O) groups is 1. The number of aryl methyl sites for hydroxylation is 1. The average Bonchev–Trinajstić information content (AvgIpc) is 2.92. The molecule has 26 heavy (non-hydrogen) atoms. The molecule has 0 radical (unpaired) electrons. The van der Waals surface area contributed by atoms with E-state index in [2.05, 4.69) is 65.3 Å². The predicted molar refractivity (Wildman–Crippen MR) is 102 cm³/mol. The molecular weight excluding hydrogens is 322 g/mol.